The predicted octanol–water partition coefficient (Wildman–Crippen LogP) is 1.79. The average Bonchev–Trinajstić information content (AvgIpc) is 2.69. The number of anilines is 1. The molecule has 7 nitrogen and oxygen atoms in total. The Morgan fingerprint density at radius 2 is 1.78 bits per heavy atom. The zero-order valence-electron chi connectivity index (χ0n) is 15.3. The first-order valence-electron chi connectivity index (χ1n) is 9.21. The number of nitrogens with zero attached hydrogens (tertiary/aromatic N) is 4. The SMILES string of the molecule is O=C(NCCc1cccc(Cl)c1)NCCN1CCN(c2ncccn2)CC1. The van der Waals surface area contributed by atoms with Crippen molar-refractivity contribution in [2.24, 2.45) is 0 Å². The van der Waals surface area contributed by atoms with Crippen LogP contribution in [-0.4, -0.2) is 66.7 Å². The van der Waals surface area contributed by atoms with Gasteiger partial charge in [-0.15, -0.1) is 0 Å². The lowest BCUT2D eigenvalue weighted by Crippen LogP contribution is -2.49. The summed E-state index contributed by atoms with van der Waals surface area (Å²) in [6.07, 6.45) is 4.30. The van der Waals surface area contributed by atoms with Gasteiger partial charge >= 0.3 is 6.03 Å². The molecule has 144 valence electrons. The van der Waals surface area contributed by atoms with Crippen LogP contribution in [0.2, 0.25) is 5.02 Å². The zero-order chi connectivity index (χ0) is 18.9. The van der Waals surface area contributed by atoms with Crippen LogP contribution < -0.4 is 15.5 Å². The third kappa shape index (κ3) is 6.37. The van der Waals surface area contributed by atoms with E-state index in [1.165, 1.54) is 0 Å². The van der Waals surface area contributed by atoms with Gasteiger partial charge in [0, 0.05) is 63.2 Å². The maximum atomic E-state index is 11.9. The molecule has 0 bridgehead atoms. The normalized spacial score (nSPS) is 14.8. The monoisotopic (exact) mass is 388 g/mol. The molecular formula is C19H25ClN6O. The quantitative estimate of drug-likeness (QED) is 0.756. The number of piperazine rings is 1. The fourth-order valence-electron chi connectivity index (χ4n) is 3.03. The molecule has 1 aliphatic rings. The van der Waals surface area contributed by atoms with Crippen molar-refractivity contribution >= 4 is 23.6 Å². The van der Waals surface area contributed by atoms with E-state index in [2.05, 4.69) is 30.4 Å². The molecule has 0 atom stereocenters. The number of carbonyl (C=O) groups excluding carboxylic acids is 1. The molecular weight excluding hydrogens is 364 g/mol. The van der Waals surface area contributed by atoms with Crippen molar-refractivity contribution in [3.05, 3.63) is 53.3 Å². The third-order valence-corrected chi connectivity index (χ3v) is 4.74. The number of nitrogens with one attached hydrogen (secondary N) is 2. The van der Waals surface area contributed by atoms with Gasteiger partial charge in [0.1, 0.15) is 0 Å². The molecule has 0 saturated carbocycles. The zero-order valence-corrected chi connectivity index (χ0v) is 16.0. The standard InChI is InChI=1S/C19H25ClN6O/c20-17-4-1-3-16(15-17)5-8-23-19(27)24-9-10-25-11-13-26(14-12-25)18-21-6-2-7-22-18/h1-4,6-7,15H,5,8-14H2,(H2,23,24,27). The Morgan fingerprint density at radius 1 is 1.04 bits per heavy atom. The molecule has 1 fully saturated rings. The van der Waals surface area contributed by atoms with E-state index in [1.807, 2.05) is 30.3 Å². The van der Waals surface area contributed by atoms with Crippen LogP contribution in [0.25, 0.3) is 0 Å². The maximum Gasteiger partial charge on any atom is 0.314 e. The summed E-state index contributed by atoms with van der Waals surface area (Å²) in [7, 11) is 0. The van der Waals surface area contributed by atoms with Gasteiger partial charge in [-0.2, -0.15) is 0 Å². The Kier molecular flexibility index (Phi) is 7.24. The van der Waals surface area contributed by atoms with E-state index in [0.717, 1.165) is 55.7 Å². The van der Waals surface area contributed by atoms with E-state index in [9.17, 15) is 4.79 Å². The first-order chi connectivity index (χ1) is 13.2. The summed E-state index contributed by atoms with van der Waals surface area (Å²) < 4.78 is 0. The minimum Gasteiger partial charge on any atom is -0.338 e. The van der Waals surface area contributed by atoms with Crippen LogP contribution in [0.15, 0.2) is 42.7 Å². The highest BCUT2D eigenvalue weighted by molar-refractivity contribution is 6.30. The topological polar surface area (TPSA) is 73.4 Å². The van der Waals surface area contributed by atoms with E-state index >= 15 is 0 Å². The van der Waals surface area contributed by atoms with Gasteiger partial charge in [0.2, 0.25) is 5.95 Å². The van der Waals surface area contributed by atoms with E-state index < -0.39 is 0 Å². The van der Waals surface area contributed by atoms with Gasteiger partial charge in [-0.3, -0.25) is 4.90 Å². The molecule has 0 radical (unpaired) electrons. The molecule has 8 heteroatoms. The Bertz CT molecular complexity index is 721. The van der Waals surface area contributed by atoms with Crippen molar-refractivity contribution in [1.82, 2.24) is 25.5 Å². The van der Waals surface area contributed by atoms with Crippen LogP contribution in [0.5, 0.6) is 0 Å². The largest absolute Gasteiger partial charge is 0.338 e. The van der Waals surface area contributed by atoms with Gasteiger partial charge in [0.25, 0.3) is 0 Å². The van der Waals surface area contributed by atoms with E-state index in [-0.39, 0.29) is 6.03 Å². The molecule has 2 aromatic rings. The van der Waals surface area contributed by atoms with Crippen LogP contribution in [0, 0.1) is 0 Å². The highest BCUT2D eigenvalue weighted by atomic mass is 35.5. The first-order valence-corrected chi connectivity index (χ1v) is 9.59. The lowest BCUT2D eigenvalue weighted by molar-refractivity contribution is 0.232. The number of carbonyl (C=O) groups is 1. The van der Waals surface area contributed by atoms with E-state index in [0.29, 0.717) is 13.1 Å². The molecule has 0 unspecified atom stereocenters. The second-order valence-electron chi connectivity index (χ2n) is 6.44. The Morgan fingerprint density at radius 3 is 2.52 bits per heavy atom. The molecule has 2 amide bonds. The summed E-state index contributed by atoms with van der Waals surface area (Å²) >= 11 is 5.96. The number of hydrogen-bond acceptors (Lipinski definition) is 5. The highest BCUT2D eigenvalue weighted by Gasteiger charge is 2.18. The van der Waals surface area contributed by atoms with E-state index in [4.69, 9.17) is 11.6 Å². The summed E-state index contributed by atoms with van der Waals surface area (Å²) in [6.45, 7) is 5.73. The minimum atomic E-state index is -0.131. The molecule has 0 spiro atoms. The third-order valence-electron chi connectivity index (χ3n) is 4.51. The second-order valence-corrected chi connectivity index (χ2v) is 6.88. The smallest absolute Gasteiger partial charge is 0.314 e. The van der Waals surface area contributed by atoms with Crippen LogP contribution in [0.1, 0.15) is 5.56 Å². The molecule has 1 aromatic heterocycles. The lowest BCUT2D eigenvalue weighted by Gasteiger charge is -2.34. The Hall–Kier alpha value is -2.38. The number of amides is 2. The number of rotatable bonds is 7. The molecule has 0 aliphatic carbocycles. The van der Waals surface area contributed by atoms with Crippen molar-refractivity contribution in [2.75, 3.05) is 50.7 Å². The molecule has 3 rings (SSSR count). The molecule has 2 heterocycles. The molecule has 1 aliphatic heterocycles. The van der Waals surface area contributed by atoms with Crippen LogP contribution >= 0.6 is 11.6 Å². The highest BCUT2D eigenvalue weighted by Crippen LogP contribution is 2.11. The Labute approximate surface area is 164 Å². The van der Waals surface area contributed by atoms with Crippen molar-refractivity contribution in [2.45, 2.75) is 6.42 Å². The van der Waals surface area contributed by atoms with Crippen molar-refractivity contribution in [3.8, 4) is 0 Å². The summed E-state index contributed by atoms with van der Waals surface area (Å²) in [6, 6.07) is 9.38. The fraction of sp³-hybridized carbons (Fsp3) is 0.421. The fourth-order valence-corrected chi connectivity index (χ4v) is 3.24. The molecule has 1 saturated heterocycles. The van der Waals surface area contributed by atoms with Crippen molar-refractivity contribution in [3.63, 3.8) is 0 Å². The van der Waals surface area contributed by atoms with Gasteiger partial charge in [0.05, 0.1) is 0 Å². The summed E-state index contributed by atoms with van der Waals surface area (Å²) in [5, 5.41) is 6.51. The number of aromatic nitrogens is 2. The minimum absolute atomic E-state index is 0.131. The van der Waals surface area contributed by atoms with Crippen LogP contribution in [0.4, 0.5) is 10.7 Å². The Balaban J connectivity index is 1.27. The number of urea groups is 1. The van der Waals surface area contributed by atoms with Crippen LogP contribution in [0.3, 0.4) is 0 Å². The average molecular weight is 389 g/mol. The van der Waals surface area contributed by atoms with Crippen molar-refractivity contribution in [1.29, 1.82) is 0 Å². The number of benzene rings is 1. The second kappa shape index (κ2) is 10.1. The number of halogens is 1. The van der Waals surface area contributed by atoms with Gasteiger partial charge in [-0.25, -0.2) is 14.8 Å². The molecule has 1 aromatic carbocycles. The van der Waals surface area contributed by atoms with Gasteiger partial charge in [-0.1, -0.05) is 23.7 Å². The van der Waals surface area contributed by atoms with Gasteiger partial charge in [-0.05, 0) is 30.2 Å². The summed E-state index contributed by atoms with van der Waals surface area (Å²) in [5.74, 6) is 0.786. The number of hydrogen-bond donors (Lipinski definition) is 2. The lowest BCUT2D eigenvalue weighted by atomic mass is 10.1. The van der Waals surface area contributed by atoms with Gasteiger partial charge < -0.3 is 15.5 Å². The molecule has 2 N–H and O–H groups in total. The van der Waals surface area contributed by atoms with Crippen LogP contribution in [-0.2, 0) is 6.42 Å². The van der Waals surface area contributed by atoms with Crippen molar-refractivity contribution < 1.29 is 4.79 Å². The van der Waals surface area contributed by atoms with E-state index in [1.54, 1.807) is 12.4 Å². The maximum absolute atomic E-state index is 11.9. The summed E-state index contributed by atoms with van der Waals surface area (Å²) in [4.78, 5) is 25.0. The predicted molar refractivity (Wildman–Crippen MR) is 107 cm³/mol. The summed E-state index contributed by atoms with van der Waals surface area (Å²) in [5.41, 5.74) is 1.11. The first kappa shape index (κ1) is 19.4. The van der Waals surface area contributed by atoms with Gasteiger partial charge in [0.15, 0.2) is 0 Å². The molecule has 27 heavy (non-hydrogen) atoms.